The van der Waals surface area contributed by atoms with Crippen LogP contribution in [0.3, 0.4) is 0 Å². The standard InChI is InChI=1S/C24H23BrN2O5S/c1-16-7-9-19(10-8-16)33(29,30)27-22-12-17(11-21(25)20(22)14-26)15-32-23-6-4-3-5-18(23)13-24(28)31-2/h3-12,14,26-27H,13,15H2,1-2H3. The molecule has 3 rings (SSSR count). The van der Waals surface area contributed by atoms with Gasteiger partial charge in [0.1, 0.15) is 12.4 Å². The van der Waals surface area contributed by atoms with Crippen LogP contribution >= 0.6 is 15.9 Å². The van der Waals surface area contributed by atoms with E-state index in [0.29, 0.717) is 26.9 Å². The molecule has 0 amide bonds. The average Bonchev–Trinajstić information content (AvgIpc) is 2.78. The number of anilines is 1. The number of benzene rings is 3. The summed E-state index contributed by atoms with van der Waals surface area (Å²) in [4.78, 5) is 11.8. The second-order valence-electron chi connectivity index (χ2n) is 7.25. The van der Waals surface area contributed by atoms with Gasteiger partial charge in [-0.3, -0.25) is 9.52 Å². The number of carbonyl (C=O) groups is 1. The molecule has 0 unspecified atom stereocenters. The van der Waals surface area contributed by atoms with Crippen molar-refractivity contribution in [2.75, 3.05) is 11.8 Å². The van der Waals surface area contributed by atoms with Crippen molar-refractivity contribution in [3.8, 4) is 5.75 Å². The summed E-state index contributed by atoms with van der Waals surface area (Å²) < 4.78 is 39.5. The number of aryl methyl sites for hydroxylation is 1. The van der Waals surface area contributed by atoms with Gasteiger partial charge in [0.05, 0.1) is 24.1 Å². The van der Waals surface area contributed by atoms with Gasteiger partial charge < -0.3 is 14.9 Å². The van der Waals surface area contributed by atoms with E-state index < -0.39 is 10.0 Å². The monoisotopic (exact) mass is 530 g/mol. The Balaban J connectivity index is 1.87. The first-order valence-corrected chi connectivity index (χ1v) is 12.2. The third kappa shape index (κ3) is 6.21. The van der Waals surface area contributed by atoms with E-state index in [2.05, 4.69) is 20.7 Å². The summed E-state index contributed by atoms with van der Waals surface area (Å²) >= 11 is 3.41. The summed E-state index contributed by atoms with van der Waals surface area (Å²) in [5.74, 6) is 0.147. The van der Waals surface area contributed by atoms with Gasteiger partial charge in [0.15, 0.2) is 0 Å². The lowest BCUT2D eigenvalue weighted by molar-refractivity contribution is -0.139. The summed E-state index contributed by atoms with van der Waals surface area (Å²) in [5.41, 5.74) is 2.94. The van der Waals surface area contributed by atoms with E-state index in [9.17, 15) is 13.2 Å². The first-order valence-electron chi connectivity index (χ1n) is 9.93. The van der Waals surface area contributed by atoms with Crippen molar-refractivity contribution in [3.63, 3.8) is 0 Å². The molecule has 0 atom stereocenters. The summed E-state index contributed by atoms with van der Waals surface area (Å²) in [6, 6.07) is 17.0. The number of rotatable bonds is 9. The normalized spacial score (nSPS) is 11.0. The lowest BCUT2D eigenvalue weighted by Crippen LogP contribution is -2.15. The highest BCUT2D eigenvalue weighted by Gasteiger charge is 2.18. The van der Waals surface area contributed by atoms with E-state index in [-0.39, 0.29) is 29.6 Å². The Labute approximate surface area is 201 Å². The molecule has 0 saturated carbocycles. The van der Waals surface area contributed by atoms with Crippen molar-refractivity contribution in [2.24, 2.45) is 0 Å². The molecule has 2 N–H and O–H groups in total. The molecule has 3 aromatic rings. The van der Waals surface area contributed by atoms with E-state index in [1.54, 1.807) is 48.5 Å². The van der Waals surface area contributed by atoms with Crippen LogP contribution in [0, 0.1) is 12.3 Å². The topological polar surface area (TPSA) is 106 Å². The maximum atomic E-state index is 12.9. The molecule has 0 fully saturated rings. The van der Waals surface area contributed by atoms with Crippen LogP contribution in [0.2, 0.25) is 0 Å². The Hall–Kier alpha value is -3.17. The van der Waals surface area contributed by atoms with Gasteiger partial charge in [-0.25, -0.2) is 8.42 Å². The Kier molecular flexibility index (Phi) is 7.88. The van der Waals surface area contributed by atoms with Gasteiger partial charge in [-0.2, -0.15) is 0 Å². The zero-order valence-corrected chi connectivity index (χ0v) is 20.5. The summed E-state index contributed by atoms with van der Waals surface area (Å²) in [7, 11) is -2.53. The molecule has 0 aliphatic carbocycles. The van der Waals surface area contributed by atoms with Crippen LogP contribution in [-0.2, 0) is 32.6 Å². The fourth-order valence-corrected chi connectivity index (χ4v) is 4.78. The number of halogens is 1. The highest BCUT2D eigenvalue weighted by Crippen LogP contribution is 2.29. The Morgan fingerprint density at radius 1 is 1.12 bits per heavy atom. The SMILES string of the molecule is COC(=O)Cc1ccccc1OCc1cc(Br)c(C=N)c(NS(=O)(=O)c2ccc(C)cc2)c1. The van der Waals surface area contributed by atoms with Crippen molar-refractivity contribution >= 4 is 43.8 Å². The molecule has 0 bridgehead atoms. The van der Waals surface area contributed by atoms with Gasteiger partial charge in [-0.05, 0) is 42.8 Å². The number of ether oxygens (including phenoxy) is 2. The molecule has 0 aromatic heterocycles. The molecule has 0 spiro atoms. The Morgan fingerprint density at radius 3 is 2.48 bits per heavy atom. The molecular formula is C24H23BrN2O5S. The van der Waals surface area contributed by atoms with Gasteiger partial charge >= 0.3 is 5.97 Å². The van der Waals surface area contributed by atoms with Crippen LogP contribution in [-0.4, -0.2) is 27.7 Å². The van der Waals surface area contributed by atoms with Gasteiger partial charge in [-0.1, -0.05) is 51.8 Å². The Bertz CT molecular complexity index is 1270. The number of hydrogen-bond donors (Lipinski definition) is 2. The van der Waals surface area contributed by atoms with Crippen molar-refractivity contribution in [1.82, 2.24) is 0 Å². The zero-order valence-electron chi connectivity index (χ0n) is 18.1. The molecule has 0 heterocycles. The maximum Gasteiger partial charge on any atom is 0.310 e. The smallest absolute Gasteiger partial charge is 0.310 e. The summed E-state index contributed by atoms with van der Waals surface area (Å²) in [6.07, 6.45) is 1.15. The van der Waals surface area contributed by atoms with Crippen molar-refractivity contribution in [3.05, 3.63) is 87.4 Å². The van der Waals surface area contributed by atoms with Gasteiger partial charge in [0.2, 0.25) is 0 Å². The molecule has 3 aromatic carbocycles. The number of methoxy groups -OCH3 is 1. The predicted molar refractivity (Wildman–Crippen MR) is 131 cm³/mol. The number of sulfonamides is 1. The van der Waals surface area contributed by atoms with E-state index >= 15 is 0 Å². The maximum absolute atomic E-state index is 12.9. The minimum Gasteiger partial charge on any atom is -0.489 e. The number of nitrogens with one attached hydrogen (secondary N) is 2. The molecule has 0 aliphatic rings. The fourth-order valence-electron chi connectivity index (χ4n) is 3.09. The second kappa shape index (κ2) is 10.6. The van der Waals surface area contributed by atoms with E-state index in [0.717, 1.165) is 11.8 Å². The first-order chi connectivity index (χ1) is 15.7. The average molecular weight is 531 g/mol. The number of para-hydroxylation sites is 1. The van der Waals surface area contributed by atoms with Crippen LogP contribution in [0.5, 0.6) is 5.75 Å². The summed E-state index contributed by atoms with van der Waals surface area (Å²) in [5, 5.41) is 7.72. The Morgan fingerprint density at radius 2 is 1.82 bits per heavy atom. The van der Waals surface area contributed by atoms with Gasteiger partial charge in [0, 0.05) is 21.8 Å². The van der Waals surface area contributed by atoms with Gasteiger partial charge in [-0.15, -0.1) is 0 Å². The lowest BCUT2D eigenvalue weighted by atomic mass is 10.1. The largest absolute Gasteiger partial charge is 0.489 e. The second-order valence-corrected chi connectivity index (χ2v) is 9.79. The van der Waals surface area contributed by atoms with Gasteiger partial charge in [0.25, 0.3) is 10.0 Å². The molecule has 9 heteroatoms. The van der Waals surface area contributed by atoms with Crippen LogP contribution in [0.1, 0.15) is 22.3 Å². The highest BCUT2D eigenvalue weighted by atomic mass is 79.9. The third-order valence-corrected chi connectivity index (χ3v) is 6.88. The molecule has 0 saturated heterocycles. The quantitative estimate of drug-likeness (QED) is 0.303. The van der Waals surface area contributed by atoms with Crippen molar-refractivity contribution in [2.45, 2.75) is 24.8 Å². The number of hydrogen-bond acceptors (Lipinski definition) is 6. The van der Waals surface area contributed by atoms with Crippen molar-refractivity contribution < 1.29 is 22.7 Å². The third-order valence-electron chi connectivity index (χ3n) is 4.84. The predicted octanol–water partition coefficient (Wildman–Crippen LogP) is 4.85. The van der Waals surface area contributed by atoms with E-state index in [1.807, 2.05) is 6.92 Å². The fraction of sp³-hybridized carbons (Fsp3) is 0.167. The molecule has 0 aliphatic heterocycles. The van der Waals surface area contributed by atoms with Crippen LogP contribution in [0.25, 0.3) is 0 Å². The minimum absolute atomic E-state index is 0.0741. The molecule has 7 nitrogen and oxygen atoms in total. The van der Waals surface area contributed by atoms with Crippen LogP contribution in [0.15, 0.2) is 70.0 Å². The van der Waals surface area contributed by atoms with Crippen LogP contribution in [0.4, 0.5) is 5.69 Å². The minimum atomic E-state index is -3.85. The number of esters is 1. The van der Waals surface area contributed by atoms with E-state index in [1.165, 1.54) is 19.2 Å². The molecule has 0 radical (unpaired) electrons. The van der Waals surface area contributed by atoms with Crippen LogP contribution < -0.4 is 9.46 Å². The molecule has 172 valence electrons. The number of carbonyl (C=O) groups excluding carboxylic acids is 1. The molecule has 33 heavy (non-hydrogen) atoms. The first kappa shape index (κ1) is 24.5. The lowest BCUT2D eigenvalue weighted by Gasteiger charge is -2.15. The highest BCUT2D eigenvalue weighted by molar-refractivity contribution is 9.10. The molecular weight excluding hydrogens is 508 g/mol. The zero-order chi connectivity index (χ0) is 24.0. The van der Waals surface area contributed by atoms with Crippen molar-refractivity contribution in [1.29, 1.82) is 5.41 Å². The van der Waals surface area contributed by atoms with E-state index in [4.69, 9.17) is 14.9 Å². The summed E-state index contributed by atoms with van der Waals surface area (Å²) in [6.45, 7) is 2.00.